The van der Waals surface area contributed by atoms with Gasteiger partial charge >= 0.3 is 11.9 Å². The highest BCUT2D eigenvalue weighted by Crippen LogP contribution is 2.35. The molecular weight excluding hydrogens is 496 g/mol. The van der Waals surface area contributed by atoms with Crippen LogP contribution in [0, 0.1) is 9.39 Å². The summed E-state index contributed by atoms with van der Waals surface area (Å²) in [5.41, 5.74) is 1.03. The molecule has 2 aromatic rings. The molecule has 0 atom stereocenters. The minimum Gasteiger partial charge on any atom is -0.493 e. The van der Waals surface area contributed by atoms with Gasteiger partial charge in [0.05, 0.1) is 17.8 Å². The van der Waals surface area contributed by atoms with Crippen LogP contribution in [0.25, 0.3) is 6.08 Å². The predicted octanol–water partition coefficient (Wildman–Crippen LogP) is 3.34. The summed E-state index contributed by atoms with van der Waals surface area (Å²) < 4.78 is 34.5. The number of benzene rings is 2. The molecular formula is C20H15FINO6. The molecule has 1 aliphatic rings. The van der Waals surface area contributed by atoms with Crippen LogP contribution in [-0.2, 0) is 19.1 Å². The van der Waals surface area contributed by atoms with Gasteiger partial charge in [-0.2, -0.15) is 0 Å². The average Bonchev–Trinajstić information content (AvgIpc) is 3.06. The SMILES string of the molecule is COC(=O)COc1c(I)cc(/C=C2\N=C(c3cccc(F)c3)OC2=O)cc1OC. The minimum absolute atomic E-state index is 0.0282. The van der Waals surface area contributed by atoms with E-state index in [4.69, 9.17) is 14.2 Å². The van der Waals surface area contributed by atoms with Crippen molar-refractivity contribution < 1.29 is 32.9 Å². The van der Waals surface area contributed by atoms with E-state index in [-0.39, 0.29) is 18.2 Å². The number of hydrogen-bond donors (Lipinski definition) is 0. The maximum atomic E-state index is 13.4. The van der Waals surface area contributed by atoms with E-state index in [9.17, 15) is 14.0 Å². The summed E-state index contributed by atoms with van der Waals surface area (Å²) in [6.45, 7) is -0.267. The number of rotatable bonds is 6. The minimum atomic E-state index is -0.649. The molecule has 3 rings (SSSR count). The van der Waals surface area contributed by atoms with Crippen LogP contribution in [0.4, 0.5) is 4.39 Å². The second-order valence-electron chi connectivity index (χ2n) is 5.75. The number of cyclic esters (lactones) is 1. The maximum Gasteiger partial charge on any atom is 0.363 e. The van der Waals surface area contributed by atoms with Gasteiger partial charge in [-0.3, -0.25) is 0 Å². The van der Waals surface area contributed by atoms with Crippen molar-refractivity contribution in [2.75, 3.05) is 20.8 Å². The number of nitrogens with zero attached hydrogens (tertiary/aromatic N) is 1. The van der Waals surface area contributed by atoms with E-state index in [1.165, 1.54) is 38.5 Å². The van der Waals surface area contributed by atoms with Crippen molar-refractivity contribution in [2.45, 2.75) is 0 Å². The highest BCUT2D eigenvalue weighted by molar-refractivity contribution is 14.1. The zero-order valence-electron chi connectivity index (χ0n) is 15.4. The monoisotopic (exact) mass is 511 g/mol. The lowest BCUT2D eigenvalue weighted by molar-refractivity contribution is -0.143. The first-order valence-corrected chi connectivity index (χ1v) is 9.34. The highest BCUT2D eigenvalue weighted by Gasteiger charge is 2.25. The van der Waals surface area contributed by atoms with Crippen LogP contribution in [0.1, 0.15) is 11.1 Å². The molecule has 29 heavy (non-hydrogen) atoms. The lowest BCUT2D eigenvalue weighted by Gasteiger charge is -2.12. The van der Waals surface area contributed by atoms with Crippen molar-refractivity contribution in [3.8, 4) is 11.5 Å². The standard InChI is InChI=1S/C20H15FINO6/c1-26-16-8-11(6-14(22)18(16)28-10-17(24)27-2)7-15-20(25)29-19(23-15)12-4-3-5-13(21)9-12/h3-9H,10H2,1-2H3/b15-7-. The number of carbonyl (C=O) groups is 2. The summed E-state index contributed by atoms with van der Waals surface area (Å²) >= 11 is 2.02. The van der Waals surface area contributed by atoms with E-state index < -0.39 is 17.8 Å². The fraction of sp³-hybridized carbons (Fsp3) is 0.150. The van der Waals surface area contributed by atoms with Gasteiger partial charge in [0.1, 0.15) is 5.82 Å². The Balaban J connectivity index is 1.90. The highest BCUT2D eigenvalue weighted by atomic mass is 127. The van der Waals surface area contributed by atoms with Gasteiger partial charge in [0.25, 0.3) is 0 Å². The Morgan fingerprint density at radius 3 is 2.76 bits per heavy atom. The summed E-state index contributed by atoms with van der Waals surface area (Å²) in [6, 6.07) is 8.97. The number of halogens is 2. The molecule has 2 aromatic carbocycles. The van der Waals surface area contributed by atoms with Crippen LogP contribution < -0.4 is 9.47 Å². The quantitative estimate of drug-likeness (QED) is 0.336. The van der Waals surface area contributed by atoms with Crippen molar-refractivity contribution >= 4 is 46.5 Å². The normalized spacial score (nSPS) is 14.4. The Hall–Kier alpha value is -2.95. The average molecular weight is 511 g/mol. The third-order valence-electron chi connectivity index (χ3n) is 3.81. The molecule has 150 valence electrons. The second-order valence-corrected chi connectivity index (χ2v) is 6.91. The summed E-state index contributed by atoms with van der Waals surface area (Å²) in [4.78, 5) is 27.6. The molecule has 0 spiro atoms. The van der Waals surface area contributed by atoms with E-state index in [0.29, 0.717) is 26.2 Å². The van der Waals surface area contributed by atoms with E-state index in [0.717, 1.165) is 0 Å². The summed E-state index contributed by atoms with van der Waals surface area (Å²) in [7, 11) is 2.72. The third kappa shape index (κ3) is 4.91. The number of hydrogen-bond acceptors (Lipinski definition) is 7. The molecule has 0 fully saturated rings. The maximum absolute atomic E-state index is 13.4. The fourth-order valence-corrected chi connectivity index (χ4v) is 3.25. The Bertz CT molecular complexity index is 1030. The van der Waals surface area contributed by atoms with E-state index in [2.05, 4.69) is 9.73 Å². The molecule has 0 aromatic heterocycles. The zero-order chi connectivity index (χ0) is 21.0. The first kappa shape index (κ1) is 20.8. The van der Waals surface area contributed by atoms with Gasteiger partial charge in [-0.1, -0.05) is 6.07 Å². The van der Waals surface area contributed by atoms with Gasteiger partial charge < -0.3 is 18.9 Å². The largest absolute Gasteiger partial charge is 0.493 e. The first-order valence-electron chi connectivity index (χ1n) is 8.27. The third-order valence-corrected chi connectivity index (χ3v) is 4.61. The topological polar surface area (TPSA) is 83.4 Å². The first-order chi connectivity index (χ1) is 13.9. The van der Waals surface area contributed by atoms with Gasteiger partial charge in [0.2, 0.25) is 5.90 Å². The number of carbonyl (C=O) groups excluding carboxylic acids is 2. The fourth-order valence-electron chi connectivity index (χ4n) is 2.47. The second kappa shape index (κ2) is 9.03. The molecule has 1 heterocycles. The van der Waals surface area contributed by atoms with E-state index in [1.54, 1.807) is 18.2 Å². The van der Waals surface area contributed by atoms with Crippen LogP contribution >= 0.6 is 22.6 Å². The van der Waals surface area contributed by atoms with Gasteiger partial charge in [-0.05, 0) is 64.6 Å². The van der Waals surface area contributed by atoms with Crippen LogP contribution in [0.2, 0.25) is 0 Å². The van der Waals surface area contributed by atoms with Crippen LogP contribution in [0.3, 0.4) is 0 Å². The molecule has 0 saturated heterocycles. The molecule has 0 saturated carbocycles. The molecule has 0 bridgehead atoms. The van der Waals surface area contributed by atoms with Crippen molar-refractivity contribution in [3.05, 3.63) is 62.6 Å². The molecule has 0 aliphatic carbocycles. The number of methoxy groups -OCH3 is 2. The molecule has 9 heteroatoms. The van der Waals surface area contributed by atoms with Gasteiger partial charge in [0, 0.05) is 5.56 Å². The molecule has 7 nitrogen and oxygen atoms in total. The van der Waals surface area contributed by atoms with Crippen LogP contribution in [0.15, 0.2) is 47.1 Å². The molecule has 0 unspecified atom stereocenters. The summed E-state index contributed by atoms with van der Waals surface area (Å²) in [5.74, 6) is -0.862. The Morgan fingerprint density at radius 1 is 1.28 bits per heavy atom. The van der Waals surface area contributed by atoms with Crippen molar-refractivity contribution in [1.82, 2.24) is 0 Å². The zero-order valence-corrected chi connectivity index (χ0v) is 17.6. The molecule has 0 N–H and O–H groups in total. The Morgan fingerprint density at radius 2 is 2.07 bits per heavy atom. The number of aliphatic imine (C=N–C) groups is 1. The van der Waals surface area contributed by atoms with Crippen molar-refractivity contribution in [1.29, 1.82) is 0 Å². The lowest BCUT2D eigenvalue weighted by Crippen LogP contribution is -2.13. The van der Waals surface area contributed by atoms with Crippen LogP contribution in [0.5, 0.6) is 11.5 Å². The van der Waals surface area contributed by atoms with Gasteiger partial charge in [-0.15, -0.1) is 0 Å². The summed E-state index contributed by atoms with van der Waals surface area (Å²) in [5, 5.41) is 0. The Labute approximate surface area is 179 Å². The predicted molar refractivity (Wildman–Crippen MR) is 110 cm³/mol. The van der Waals surface area contributed by atoms with Gasteiger partial charge in [0.15, 0.2) is 23.8 Å². The number of ether oxygens (including phenoxy) is 4. The molecule has 1 aliphatic heterocycles. The van der Waals surface area contributed by atoms with E-state index >= 15 is 0 Å². The van der Waals surface area contributed by atoms with Gasteiger partial charge in [-0.25, -0.2) is 19.0 Å². The van der Waals surface area contributed by atoms with E-state index in [1.807, 2.05) is 22.6 Å². The van der Waals surface area contributed by atoms with Crippen molar-refractivity contribution in [3.63, 3.8) is 0 Å². The molecule has 0 amide bonds. The smallest absolute Gasteiger partial charge is 0.363 e. The van der Waals surface area contributed by atoms with Crippen LogP contribution in [-0.4, -0.2) is 38.7 Å². The Kier molecular flexibility index (Phi) is 6.47. The molecule has 0 radical (unpaired) electrons. The van der Waals surface area contributed by atoms with Crippen molar-refractivity contribution in [2.24, 2.45) is 4.99 Å². The lowest BCUT2D eigenvalue weighted by atomic mass is 10.1. The summed E-state index contributed by atoms with van der Waals surface area (Å²) in [6.07, 6.45) is 1.52. The number of esters is 2.